The Morgan fingerprint density at radius 2 is 1.09 bits per heavy atom. The fourth-order valence-corrected chi connectivity index (χ4v) is 10.6. The number of rotatable bonds is 5. The van der Waals surface area contributed by atoms with Crippen LogP contribution in [-0.2, 0) is 5.41 Å². The molecule has 0 amide bonds. The lowest BCUT2D eigenvalue weighted by Crippen LogP contribution is -2.27. The van der Waals surface area contributed by atoms with Crippen LogP contribution in [0.25, 0.3) is 60.9 Å². The largest absolute Gasteiger partial charge is 0.355 e. The average molecular weight is 741 g/mol. The van der Waals surface area contributed by atoms with Gasteiger partial charge in [-0.25, -0.2) is 0 Å². The Bertz CT molecular complexity index is 3120. The van der Waals surface area contributed by atoms with E-state index in [0.29, 0.717) is 5.92 Å². The molecule has 1 spiro atoms. The van der Waals surface area contributed by atoms with E-state index in [1.807, 2.05) is 0 Å². The molecule has 1 atom stereocenters. The minimum Gasteiger partial charge on any atom is -0.355 e. The van der Waals surface area contributed by atoms with Gasteiger partial charge in [0.05, 0.1) is 22.1 Å². The first-order valence-corrected chi connectivity index (χ1v) is 20.5. The maximum atomic E-state index is 4.09. The van der Waals surface area contributed by atoms with E-state index in [2.05, 4.69) is 217 Å². The third-order valence-corrected chi connectivity index (χ3v) is 13.1. The summed E-state index contributed by atoms with van der Waals surface area (Å²) >= 11 is 0. The predicted molar refractivity (Wildman–Crippen MR) is 243 cm³/mol. The summed E-state index contributed by atoms with van der Waals surface area (Å²) in [5, 5.41) is 6.63. The first-order chi connectivity index (χ1) is 28.7. The molecule has 0 saturated heterocycles. The Hall–Kier alpha value is -7.16. The van der Waals surface area contributed by atoms with E-state index in [9.17, 15) is 0 Å². The van der Waals surface area contributed by atoms with Gasteiger partial charge in [0.25, 0.3) is 0 Å². The summed E-state index contributed by atoms with van der Waals surface area (Å²) in [6.07, 6.45) is 5.89. The van der Waals surface area contributed by atoms with Gasteiger partial charge in [-0.3, -0.25) is 0 Å². The van der Waals surface area contributed by atoms with Gasteiger partial charge in [0.1, 0.15) is 0 Å². The number of benzene rings is 8. The summed E-state index contributed by atoms with van der Waals surface area (Å²) in [7, 11) is 0. The van der Waals surface area contributed by atoms with Gasteiger partial charge in [0, 0.05) is 33.3 Å². The van der Waals surface area contributed by atoms with Crippen molar-refractivity contribution in [2.45, 2.75) is 18.8 Å². The number of anilines is 2. The molecule has 0 aliphatic heterocycles. The number of fused-ring (bicyclic) bond motifs is 13. The summed E-state index contributed by atoms with van der Waals surface area (Å²) in [6.45, 7) is 2.39. The smallest absolute Gasteiger partial charge is 0.0746 e. The molecule has 2 heteroatoms. The van der Waals surface area contributed by atoms with Crippen molar-refractivity contribution in [3.63, 3.8) is 0 Å². The van der Waals surface area contributed by atoms with E-state index in [1.54, 1.807) is 0 Å². The van der Waals surface area contributed by atoms with Gasteiger partial charge in [-0.1, -0.05) is 165 Å². The summed E-state index contributed by atoms with van der Waals surface area (Å²) in [4.78, 5) is 0. The van der Waals surface area contributed by atoms with E-state index < -0.39 is 5.41 Å². The van der Waals surface area contributed by atoms with Gasteiger partial charge in [0.2, 0.25) is 0 Å². The van der Waals surface area contributed by atoms with Crippen LogP contribution in [0.15, 0.2) is 200 Å². The van der Waals surface area contributed by atoms with Crippen LogP contribution in [0.4, 0.5) is 11.4 Å². The second-order valence-corrected chi connectivity index (χ2v) is 16.1. The van der Waals surface area contributed by atoms with Crippen LogP contribution in [0.2, 0.25) is 0 Å². The number of nitrogens with zero attached hydrogens (tertiary/aromatic N) is 1. The average Bonchev–Trinajstić information content (AvgIpc) is 3.89. The number of para-hydroxylation sites is 3. The Labute approximate surface area is 339 Å². The topological polar surface area (TPSA) is 17.0 Å². The molecule has 3 aliphatic carbocycles. The SMILES string of the molecule is CC1CC=C(c2ccc3c(c2)c2ccccc2n3-c2ccccc2)C=C1c1ccc2c(c1Nc1ccccc1)C1(c3ccccc3-c3ccccc31)c1ccccc1-2. The molecule has 58 heavy (non-hydrogen) atoms. The summed E-state index contributed by atoms with van der Waals surface area (Å²) in [6, 6.07) is 69.4. The molecule has 1 unspecified atom stereocenters. The molecule has 8 aromatic carbocycles. The highest BCUT2D eigenvalue weighted by Crippen LogP contribution is 2.65. The highest BCUT2D eigenvalue weighted by Gasteiger charge is 2.53. The van der Waals surface area contributed by atoms with Crippen LogP contribution < -0.4 is 5.32 Å². The van der Waals surface area contributed by atoms with Crippen molar-refractivity contribution in [3.05, 3.63) is 234 Å². The summed E-state index contributed by atoms with van der Waals surface area (Å²) in [5.41, 5.74) is 21.2. The normalized spacial score (nSPS) is 15.8. The molecule has 12 rings (SSSR count). The molecule has 0 bridgehead atoms. The van der Waals surface area contributed by atoms with Crippen LogP contribution in [0, 0.1) is 5.92 Å². The van der Waals surface area contributed by atoms with Gasteiger partial charge < -0.3 is 9.88 Å². The van der Waals surface area contributed by atoms with Crippen molar-refractivity contribution in [3.8, 4) is 27.9 Å². The number of hydrogen-bond acceptors (Lipinski definition) is 1. The maximum Gasteiger partial charge on any atom is 0.0746 e. The Balaban J connectivity index is 1.09. The number of aromatic nitrogens is 1. The Morgan fingerprint density at radius 3 is 1.79 bits per heavy atom. The van der Waals surface area contributed by atoms with E-state index >= 15 is 0 Å². The molecule has 0 radical (unpaired) electrons. The lowest BCUT2D eigenvalue weighted by Gasteiger charge is -2.34. The van der Waals surface area contributed by atoms with E-state index in [4.69, 9.17) is 0 Å². The number of allylic oxidation sites excluding steroid dienone is 4. The molecule has 274 valence electrons. The molecular weight excluding hydrogens is 701 g/mol. The first-order valence-electron chi connectivity index (χ1n) is 20.5. The van der Waals surface area contributed by atoms with Crippen molar-refractivity contribution in [2.24, 2.45) is 5.92 Å². The van der Waals surface area contributed by atoms with Gasteiger partial charge >= 0.3 is 0 Å². The van der Waals surface area contributed by atoms with Crippen molar-refractivity contribution < 1.29 is 0 Å². The third kappa shape index (κ3) is 4.60. The Morgan fingerprint density at radius 1 is 0.517 bits per heavy atom. The number of nitrogens with one attached hydrogen (secondary N) is 1. The fraction of sp³-hybridized carbons (Fsp3) is 0.0714. The first kappa shape index (κ1) is 33.0. The highest BCUT2D eigenvalue weighted by molar-refractivity contribution is 6.10. The second kappa shape index (κ2) is 12.7. The molecule has 1 heterocycles. The zero-order chi connectivity index (χ0) is 38.4. The molecule has 2 nitrogen and oxygen atoms in total. The molecule has 9 aromatic rings. The molecule has 1 aromatic heterocycles. The van der Waals surface area contributed by atoms with Gasteiger partial charge in [-0.05, 0) is 110 Å². The lowest BCUT2D eigenvalue weighted by atomic mass is 9.69. The monoisotopic (exact) mass is 740 g/mol. The molecule has 0 fully saturated rings. The molecule has 3 aliphatic rings. The van der Waals surface area contributed by atoms with Crippen LogP contribution >= 0.6 is 0 Å². The standard InChI is InChI=1S/C56H40N2/c1-36-28-29-37(38-30-33-53-48(35-38)44-23-11-15-27-52(44)58(53)40-18-6-3-7-19-40)34-47(36)46-32-31-45-43-22-10-14-26-51(43)56(54(45)55(46)57-39-16-4-2-5-17-39)49-24-12-8-20-41(49)42-21-9-13-25-50(42)56/h2-27,29-36,57H,28H2,1H3. The zero-order valence-electron chi connectivity index (χ0n) is 32.3. The lowest BCUT2D eigenvalue weighted by molar-refractivity contribution is 0.759. The van der Waals surface area contributed by atoms with Crippen LogP contribution in [0.5, 0.6) is 0 Å². The highest BCUT2D eigenvalue weighted by atomic mass is 15.0. The van der Waals surface area contributed by atoms with Crippen molar-refractivity contribution in [1.29, 1.82) is 0 Å². The maximum absolute atomic E-state index is 4.09. The van der Waals surface area contributed by atoms with Gasteiger partial charge in [0.15, 0.2) is 0 Å². The third-order valence-electron chi connectivity index (χ3n) is 13.1. The van der Waals surface area contributed by atoms with E-state index in [1.165, 1.54) is 100.0 Å². The molecule has 1 N–H and O–H groups in total. The van der Waals surface area contributed by atoms with Gasteiger partial charge in [-0.15, -0.1) is 0 Å². The number of hydrogen-bond donors (Lipinski definition) is 1. The minimum atomic E-state index is -0.471. The van der Waals surface area contributed by atoms with Crippen molar-refractivity contribution in [1.82, 2.24) is 4.57 Å². The van der Waals surface area contributed by atoms with Crippen LogP contribution in [0.3, 0.4) is 0 Å². The Kier molecular flexibility index (Phi) is 7.22. The van der Waals surface area contributed by atoms with E-state index in [-0.39, 0.29) is 0 Å². The summed E-state index contributed by atoms with van der Waals surface area (Å²) in [5.74, 6) is 0.324. The second-order valence-electron chi connectivity index (χ2n) is 16.1. The fourth-order valence-electron chi connectivity index (χ4n) is 10.6. The predicted octanol–water partition coefficient (Wildman–Crippen LogP) is 14.4. The van der Waals surface area contributed by atoms with Crippen molar-refractivity contribution >= 4 is 44.3 Å². The summed E-state index contributed by atoms with van der Waals surface area (Å²) < 4.78 is 2.40. The zero-order valence-corrected chi connectivity index (χ0v) is 32.3. The minimum absolute atomic E-state index is 0.324. The van der Waals surface area contributed by atoms with E-state index in [0.717, 1.165) is 12.1 Å². The van der Waals surface area contributed by atoms with Crippen molar-refractivity contribution in [2.75, 3.05) is 5.32 Å². The van der Waals surface area contributed by atoms with Crippen LogP contribution in [-0.4, -0.2) is 4.57 Å². The van der Waals surface area contributed by atoms with Crippen LogP contribution in [0.1, 0.15) is 46.7 Å². The quantitative estimate of drug-likeness (QED) is 0.186. The molecular formula is C56H40N2. The molecule has 0 saturated carbocycles. The van der Waals surface area contributed by atoms with Gasteiger partial charge in [-0.2, -0.15) is 0 Å².